The van der Waals surface area contributed by atoms with E-state index < -0.39 is 0 Å². The summed E-state index contributed by atoms with van der Waals surface area (Å²) in [4.78, 5) is 0. The molecule has 46 heavy (non-hydrogen) atoms. The predicted molar refractivity (Wildman–Crippen MR) is 199 cm³/mol. The lowest BCUT2D eigenvalue weighted by Crippen LogP contribution is -1.95. The highest BCUT2D eigenvalue weighted by atomic mass is 14.3. The Kier molecular flexibility index (Phi) is 5.38. The van der Waals surface area contributed by atoms with Crippen LogP contribution in [0.2, 0.25) is 0 Å². The number of rotatable bonds is 3. The van der Waals surface area contributed by atoms with E-state index >= 15 is 0 Å². The van der Waals surface area contributed by atoms with Crippen molar-refractivity contribution in [3.63, 3.8) is 0 Å². The number of fused-ring (bicyclic) bond motifs is 5. The van der Waals surface area contributed by atoms with Crippen LogP contribution in [0.3, 0.4) is 0 Å². The quantitative estimate of drug-likeness (QED) is 0.144. The summed E-state index contributed by atoms with van der Waals surface area (Å²) in [6.45, 7) is 0. The molecule has 0 aliphatic heterocycles. The Morgan fingerprint density at radius 1 is 0.239 bits per heavy atom. The smallest absolute Gasteiger partial charge is 0.00137 e. The Hall–Kier alpha value is -5.98. The van der Waals surface area contributed by atoms with Crippen LogP contribution in [-0.2, 0) is 0 Å². The first-order valence-corrected chi connectivity index (χ1v) is 16.0. The summed E-state index contributed by atoms with van der Waals surface area (Å²) in [7, 11) is 0. The van der Waals surface area contributed by atoms with E-state index in [1.165, 1.54) is 98.0 Å². The molecule has 0 N–H and O–H groups in total. The van der Waals surface area contributed by atoms with E-state index in [4.69, 9.17) is 0 Å². The molecule has 0 bridgehead atoms. The fourth-order valence-corrected chi connectivity index (χ4v) is 8.14. The standard InChI is InChI=1S/C46H28/c1-3-14-29(15-4-1)40-28-41(43(30-16-5-2-6-17-30)33-21-8-7-20-32(33)40)44-35-22-9-10-23-36(35)45-38-26-12-19-31-18-11-24-34(42(31)38)37-25-13-27-39(44)46(37)45/h1-28H. The van der Waals surface area contributed by atoms with Gasteiger partial charge in [0.05, 0.1) is 0 Å². The molecule has 0 radical (unpaired) electrons. The SMILES string of the molecule is c1ccc(-c2cc(-c3c4ccccc4c4c5cccc6cccc(c7cccc3c74)c65)c(-c3ccccc3)c3ccccc23)cc1. The molecule has 0 spiro atoms. The zero-order valence-corrected chi connectivity index (χ0v) is 25.2. The average molecular weight is 581 g/mol. The summed E-state index contributed by atoms with van der Waals surface area (Å²) in [6, 6.07) is 62.7. The second-order valence-corrected chi connectivity index (χ2v) is 12.4. The van der Waals surface area contributed by atoms with Gasteiger partial charge in [-0.3, -0.25) is 0 Å². The van der Waals surface area contributed by atoms with E-state index in [2.05, 4.69) is 170 Å². The summed E-state index contributed by atoms with van der Waals surface area (Å²) in [5, 5.41) is 15.7. The summed E-state index contributed by atoms with van der Waals surface area (Å²) in [5.41, 5.74) is 7.55. The van der Waals surface area contributed by atoms with Gasteiger partial charge in [0.15, 0.2) is 0 Å². The fourth-order valence-electron chi connectivity index (χ4n) is 8.14. The van der Waals surface area contributed by atoms with E-state index in [0.29, 0.717) is 0 Å². The largest absolute Gasteiger partial charge is 0.0622 e. The van der Waals surface area contributed by atoms with Crippen LogP contribution in [-0.4, -0.2) is 0 Å². The van der Waals surface area contributed by atoms with Gasteiger partial charge in [-0.25, -0.2) is 0 Å². The summed E-state index contributed by atoms with van der Waals surface area (Å²) in [6.07, 6.45) is 0. The molecule has 10 aromatic rings. The summed E-state index contributed by atoms with van der Waals surface area (Å²) in [5.74, 6) is 0. The van der Waals surface area contributed by atoms with Crippen LogP contribution in [0, 0.1) is 0 Å². The third-order valence-electron chi connectivity index (χ3n) is 9.97. The molecule has 212 valence electrons. The minimum atomic E-state index is 1.23. The van der Waals surface area contributed by atoms with Gasteiger partial charge in [0, 0.05) is 0 Å². The Morgan fingerprint density at radius 2 is 0.696 bits per heavy atom. The highest BCUT2D eigenvalue weighted by Crippen LogP contribution is 2.51. The first kappa shape index (κ1) is 25.4. The van der Waals surface area contributed by atoms with E-state index in [1.807, 2.05) is 0 Å². The van der Waals surface area contributed by atoms with Crippen LogP contribution >= 0.6 is 0 Å². The molecule has 0 saturated carbocycles. The molecule has 0 nitrogen and oxygen atoms in total. The zero-order chi connectivity index (χ0) is 30.2. The molecular formula is C46H28. The second kappa shape index (κ2) is 9.76. The summed E-state index contributed by atoms with van der Waals surface area (Å²) >= 11 is 0. The van der Waals surface area contributed by atoms with Crippen LogP contribution in [0.1, 0.15) is 0 Å². The normalized spacial score (nSPS) is 11.9. The van der Waals surface area contributed by atoms with Gasteiger partial charge in [-0.05, 0) is 104 Å². The maximum absolute atomic E-state index is 2.47. The van der Waals surface area contributed by atoms with E-state index in [-0.39, 0.29) is 0 Å². The number of hydrogen-bond acceptors (Lipinski definition) is 0. The topological polar surface area (TPSA) is 0 Å². The molecule has 0 aromatic heterocycles. The van der Waals surface area contributed by atoms with Crippen molar-refractivity contribution in [1.29, 1.82) is 0 Å². The van der Waals surface area contributed by atoms with Gasteiger partial charge in [-0.15, -0.1) is 0 Å². The van der Waals surface area contributed by atoms with Crippen LogP contribution in [0.25, 0.3) is 98.0 Å². The van der Waals surface area contributed by atoms with Gasteiger partial charge in [0.1, 0.15) is 0 Å². The molecule has 0 heterocycles. The van der Waals surface area contributed by atoms with Gasteiger partial charge in [-0.1, -0.05) is 164 Å². The van der Waals surface area contributed by atoms with Crippen LogP contribution in [0.5, 0.6) is 0 Å². The fraction of sp³-hybridized carbons (Fsp3) is 0. The number of hydrogen-bond donors (Lipinski definition) is 0. The third-order valence-corrected chi connectivity index (χ3v) is 9.97. The zero-order valence-electron chi connectivity index (χ0n) is 25.2. The Balaban J connectivity index is 1.48. The van der Waals surface area contributed by atoms with E-state index in [9.17, 15) is 0 Å². The van der Waals surface area contributed by atoms with Crippen molar-refractivity contribution in [2.45, 2.75) is 0 Å². The Bertz CT molecular complexity index is 2770. The first-order valence-electron chi connectivity index (χ1n) is 16.0. The van der Waals surface area contributed by atoms with Crippen molar-refractivity contribution in [3.8, 4) is 33.4 Å². The van der Waals surface area contributed by atoms with Gasteiger partial charge in [0.25, 0.3) is 0 Å². The molecule has 0 aliphatic carbocycles. The molecular weight excluding hydrogens is 553 g/mol. The molecule has 0 atom stereocenters. The average Bonchev–Trinajstić information content (AvgIpc) is 3.13. The van der Waals surface area contributed by atoms with Crippen LogP contribution < -0.4 is 0 Å². The molecule has 0 fully saturated rings. The van der Waals surface area contributed by atoms with Crippen LogP contribution in [0.4, 0.5) is 0 Å². The highest BCUT2D eigenvalue weighted by molar-refractivity contribution is 6.41. The maximum atomic E-state index is 2.47. The highest BCUT2D eigenvalue weighted by Gasteiger charge is 2.23. The van der Waals surface area contributed by atoms with E-state index in [0.717, 1.165) is 0 Å². The maximum Gasteiger partial charge on any atom is -0.00137 e. The minimum Gasteiger partial charge on any atom is -0.0622 e. The van der Waals surface area contributed by atoms with Crippen molar-refractivity contribution in [1.82, 2.24) is 0 Å². The van der Waals surface area contributed by atoms with Crippen molar-refractivity contribution in [3.05, 3.63) is 170 Å². The first-order chi connectivity index (χ1) is 22.9. The van der Waals surface area contributed by atoms with Crippen molar-refractivity contribution < 1.29 is 0 Å². The van der Waals surface area contributed by atoms with Gasteiger partial charge in [0.2, 0.25) is 0 Å². The monoisotopic (exact) mass is 580 g/mol. The van der Waals surface area contributed by atoms with Crippen LogP contribution in [0.15, 0.2) is 170 Å². The lowest BCUT2D eigenvalue weighted by atomic mass is 9.80. The molecule has 10 rings (SSSR count). The molecule has 0 heteroatoms. The number of benzene rings is 10. The summed E-state index contributed by atoms with van der Waals surface area (Å²) < 4.78 is 0. The third kappa shape index (κ3) is 3.50. The van der Waals surface area contributed by atoms with Crippen molar-refractivity contribution >= 4 is 64.6 Å². The van der Waals surface area contributed by atoms with Gasteiger partial charge >= 0.3 is 0 Å². The van der Waals surface area contributed by atoms with E-state index in [1.54, 1.807) is 0 Å². The minimum absolute atomic E-state index is 1.23. The molecule has 10 aromatic carbocycles. The second-order valence-electron chi connectivity index (χ2n) is 12.4. The lowest BCUT2D eigenvalue weighted by molar-refractivity contribution is 1.62. The van der Waals surface area contributed by atoms with Gasteiger partial charge in [-0.2, -0.15) is 0 Å². The van der Waals surface area contributed by atoms with Crippen molar-refractivity contribution in [2.75, 3.05) is 0 Å². The van der Waals surface area contributed by atoms with Gasteiger partial charge < -0.3 is 0 Å². The lowest BCUT2D eigenvalue weighted by Gasteiger charge is -2.23. The molecule has 0 unspecified atom stereocenters. The Labute approximate surface area is 267 Å². The Morgan fingerprint density at radius 3 is 1.41 bits per heavy atom. The predicted octanol–water partition coefficient (Wildman–Crippen LogP) is 13.0. The molecule has 0 amide bonds. The molecule has 0 saturated heterocycles. The van der Waals surface area contributed by atoms with Crippen molar-refractivity contribution in [2.24, 2.45) is 0 Å². The molecule has 0 aliphatic rings.